The third-order valence-corrected chi connectivity index (χ3v) is 3.73. The maximum absolute atomic E-state index is 10.9. The van der Waals surface area contributed by atoms with Crippen LogP contribution in [0.2, 0.25) is 0 Å². The molecule has 24 heavy (non-hydrogen) atoms. The summed E-state index contributed by atoms with van der Waals surface area (Å²) >= 11 is 1.31. The van der Waals surface area contributed by atoms with Crippen molar-refractivity contribution in [2.45, 2.75) is 5.22 Å². The minimum absolute atomic E-state index is 0.0563. The Bertz CT molecular complexity index is 825. The summed E-state index contributed by atoms with van der Waals surface area (Å²) in [6.45, 7) is 0.278. The van der Waals surface area contributed by atoms with Gasteiger partial charge in [0, 0.05) is 24.2 Å². The second-order valence-electron chi connectivity index (χ2n) is 4.54. The minimum atomic E-state index is -0.472. The summed E-state index contributed by atoms with van der Waals surface area (Å²) in [5.74, 6) is 1.15. The molecule has 2 aromatic heterocycles. The average Bonchev–Trinajstić information content (AvgIpc) is 3.09. The van der Waals surface area contributed by atoms with Gasteiger partial charge < -0.3 is 9.15 Å². The topological polar surface area (TPSA) is 104 Å². The fourth-order valence-corrected chi connectivity index (χ4v) is 2.46. The van der Waals surface area contributed by atoms with E-state index in [4.69, 9.17) is 9.15 Å². The molecule has 2 heterocycles. The van der Waals surface area contributed by atoms with Crippen molar-refractivity contribution in [3.05, 3.63) is 58.9 Å². The maximum Gasteiger partial charge on any atom is 0.310 e. The van der Waals surface area contributed by atoms with Crippen LogP contribution in [0.15, 0.2) is 58.4 Å². The highest BCUT2D eigenvalue weighted by Gasteiger charge is 2.14. The van der Waals surface area contributed by atoms with Crippen molar-refractivity contribution < 1.29 is 14.1 Å². The Morgan fingerprint density at radius 3 is 2.88 bits per heavy atom. The molecule has 0 aliphatic carbocycles. The SMILES string of the molecule is O=[N+]([O-])c1ccccc1OCCSc1nnc(-c2cccnc2)o1. The molecular weight excluding hydrogens is 332 g/mol. The van der Waals surface area contributed by atoms with Crippen LogP contribution >= 0.6 is 11.8 Å². The molecule has 0 unspecified atom stereocenters. The fraction of sp³-hybridized carbons (Fsp3) is 0.133. The lowest BCUT2D eigenvalue weighted by Gasteiger charge is -2.05. The van der Waals surface area contributed by atoms with Crippen LogP contribution in [0, 0.1) is 10.1 Å². The predicted molar refractivity (Wildman–Crippen MR) is 86.8 cm³/mol. The zero-order valence-electron chi connectivity index (χ0n) is 12.4. The molecular formula is C15H12N4O4S. The van der Waals surface area contributed by atoms with Crippen LogP contribution in [0.5, 0.6) is 5.75 Å². The van der Waals surface area contributed by atoms with Gasteiger partial charge in [-0.2, -0.15) is 0 Å². The molecule has 0 spiro atoms. The van der Waals surface area contributed by atoms with E-state index in [1.807, 2.05) is 6.07 Å². The van der Waals surface area contributed by atoms with Crippen molar-refractivity contribution >= 4 is 17.4 Å². The van der Waals surface area contributed by atoms with E-state index in [9.17, 15) is 10.1 Å². The number of hydrogen-bond acceptors (Lipinski definition) is 8. The Kier molecular flexibility index (Phi) is 5.02. The largest absolute Gasteiger partial charge is 0.486 e. The number of benzene rings is 1. The summed E-state index contributed by atoms with van der Waals surface area (Å²) < 4.78 is 11.0. The molecule has 122 valence electrons. The van der Waals surface area contributed by atoms with E-state index in [0.717, 1.165) is 5.56 Å². The van der Waals surface area contributed by atoms with E-state index in [1.54, 1.807) is 36.7 Å². The van der Waals surface area contributed by atoms with Crippen molar-refractivity contribution in [1.82, 2.24) is 15.2 Å². The van der Waals surface area contributed by atoms with Gasteiger partial charge >= 0.3 is 5.69 Å². The van der Waals surface area contributed by atoms with Gasteiger partial charge in [-0.15, -0.1) is 10.2 Å². The molecule has 9 heteroatoms. The third kappa shape index (κ3) is 3.87. The molecule has 0 radical (unpaired) electrons. The predicted octanol–water partition coefficient (Wildman–Crippen LogP) is 3.21. The van der Waals surface area contributed by atoms with Gasteiger partial charge in [-0.1, -0.05) is 23.9 Å². The van der Waals surface area contributed by atoms with E-state index < -0.39 is 4.92 Å². The highest BCUT2D eigenvalue weighted by molar-refractivity contribution is 7.99. The Morgan fingerprint density at radius 2 is 2.08 bits per heavy atom. The van der Waals surface area contributed by atoms with Crippen LogP contribution in [0.3, 0.4) is 0 Å². The van der Waals surface area contributed by atoms with Crippen LogP contribution in [0.4, 0.5) is 5.69 Å². The number of nitro groups is 1. The molecule has 1 aromatic carbocycles. The van der Waals surface area contributed by atoms with Crippen LogP contribution in [-0.4, -0.2) is 32.5 Å². The fourth-order valence-electron chi connectivity index (χ4n) is 1.88. The van der Waals surface area contributed by atoms with Crippen LogP contribution in [0.25, 0.3) is 11.5 Å². The van der Waals surface area contributed by atoms with Gasteiger partial charge in [-0.3, -0.25) is 15.1 Å². The molecule has 0 bridgehead atoms. The second kappa shape index (κ2) is 7.55. The molecule has 8 nitrogen and oxygen atoms in total. The number of hydrogen-bond donors (Lipinski definition) is 0. The van der Waals surface area contributed by atoms with Crippen LogP contribution in [0.1, 0.15) is 0 Å². The van der Waals surface area contributed by atoms with Gasteiger partial charge in [-0.25, -0.2) is 0 Å². The van der Waals surface area contributed by atoms with E-state index in [0.29, 0.717) is 16.9 Å². The smallest absolute Gasteiger partial charge is 0.310 e. The van der Waals surface area contributed by atoms with Gasteiger partial charge in [0.15, 0.2) is 5.75 Å². The quantitative estimate of drug-likeness (QED) is 0.278. The minimum Gasteiger partial charge on any atom is -0.486 e. The highest BCUT2D eigenvalue weighted by Crippen LogP contribution is 2.27. The van der Waals surface area contributed by atoms with Gasteiger partial charge in [0.25, 0.3) is 5.22 Å². The van der Waals surface area contributed by atoms with Gasteiger partial charge in [-0.05, 0) is 18.2 Å². The molecule has 0 saturated heterocycles. The lowest BCUT2D eigenvalue weighted by Crippen LogP contribution is -2.02. The van der Waals surface area contributed by atoms with E-state index >= 15 is 0 Å². The van der Waals surface area contributed by atoms with E-state index in [1.165, 1.54) is 17.8 Å². The van der Waals surface area contributed by atoms with Crippen LogP contribution < -0.4 is 4.74 Å². The first-order chi connectivity index (χ1) is 11.7. The lowest BCUT2D eigenvalue weighted by atomic mass is 10.3. The second-order valence-corrected chi connectivity index (χ2v) is 5.58. The summed E-state index contributed by atoms with van der Waals surface area (Å²) in [6.07, 6.45) is 3.30. The van der Waals surface area contributed by atoms with Crippen molar-refractivity contribution in [3.63, 3.8) is 0 Å². The van der Waals surface area contributed by atoms with Crippen molar-refractivity contribution in [1.29, 1.82) is 0 Å². The van der Waals surface area contributed by atoms with Gasteiger partial charge in [0.1, 0.15) is 0 Å². The number of para-hydroxylation sites is 2. The Morgan fingerprint density at radius 1 is 1.21 bits per heavy atom. The molecule has 0 atom stereocenters. The Balaban J connectivity index is 1.53. The first-order valence-corrected chi connectivity index (χ1v) is 7.95. The summed E-state index contributed by atoms with van der Waals surface area (Å²) in [4.78, 5) is 14.4. The highest BCUT2D eigenvalue weighted by atomic mass is 32.2. The normalized spacial score (nSPS) is 10.5. The summed E-state index contributed by atoms with van der Waals surface area (Å²) in [6, 6.07) is 9.86. The molecule has 0 saturated carbocycles. The maximum atomic E-state index is 10.9. The lowest BCUT2D eigenvalue weighted by molar-refractivity contribution is -0.385. The standard InChI is InChI=1S/C15H12N4O4S/c20-19(21)12-5-1-2-6-13(12)22-8-9-24-15-18-17-14(23-15)11-4-3-7-16-10-11/h1-7,10H,8-9H2. The number of pyridine rings is 1. The molecule has 0 aliphatic rings. The first kappa shape index (κ1) is 15.9. The van der Waals surface area contributed by atoms with Crippen LogP contribution in [-0.2, 0) is 0 Å². The number of nitro benzene ring substituents is 1. The molecule has 0 N–H and O–H groups in total. The van der Waals surface area contributed by atoms with E-state index in [2.05, 4.69) is 15.2 Å². The molecule has 0 aliphatic heterocycles. The average molecular weight is 344 g/mol. The van der Waals surface area contributed by atoms with Crippen molar-refractivity contribution in [3.8, 4) is 17.2 Å². The monoisotopic (exact) mass is 344 g/mol. The number of rotatable bonds is 7. The summed E-state index contributed by atoms with van der Waals surface area (Å²) in [5.41, 5.74) is 0.687. The molecule has 0 amide bonds. The summed E-state index contributed by atoms with van der Waals surface area (Å²) in [7, 11) is 0. The Labute approximate surface area is 141 Å². The zero-order valence-corrected chi connectivity index (χ0v) is 13.2. The van der Waals surface area contributed by atoms with Crippen molar-refractivity contribution in [2.24, 2.45) is 0 Å². The molecule has 0 fully saturated rings. The van der Waals surface area contributed by atoms with E-state index in [-0.39, 0.29) is 18.0 Å². The zero-order chi connectivity index (χ0) is 16.8. The number of aromatic nitrogens is 3. The third-order valence-electron chi connectivity index (χ3n) is 2.94. The molecule has 3 rings (SSSR count). The van der Waals surface area contributed by atoms with Gasteiger partial charge in [0.2, 0.25) is 5.89 Å². The van der Waals surface area contributed by atoms with Crippen molar-refractivity contribution in [2.75, 3.05) is 12.4 Å². The number of thioether (sulfide) groups is 1. The van der Waals surface area contributed by atoms with Gasteiger partial charge in [0.05, 0.1) is 17.1 Å². The summed E-state index contributed by atoms with van der Waals surface area (Å²) in [5, 5.41) is 19.2. The first-order valence-electron chi connectivity index (χ1n) is 6.97. The number of nitrogens with zero attached hydrogens (tertiary/aromatic N) is 4. The molecule has 3 aromatic rings. The Hall–Kier alpha value is -2.94. The number of ether oxygens (including phenoxy) is 1.